The molecule has 0 amide bonds. The van der Waals surface area contributed by atoms with E-state index >= 15 is 0 Å². The van der Waals surface area contributed by atoms with Crippen molar-refractivity contribution in [1.82, 2.24) is 9.97 Å². The highest BCUT2D eigenvalue weighted by Gasteiger charge is 2.16. The normalized spacial score (nSPS) is 12.8. The van der Waals surface area contributed by atoms with Gasteiger partial charge in [0, 0.05) is 23.7 Å². The van der Waals surface area contributed by atoms with Gasteiger partial charge in [0.05, 0.1) is 11.0 Å². The average molecular weight is 302 g/mol. The van der Waals surface area contributed by atoms with Crippen molar-refractivity contribution in [3.8, 4) is 11.5 Å². The van der Waals surface area contributed by atoms with Crippen LogP contribution in [0.25, 0.3) is 11.0 Å². The molecule has 5 nitrogen and oxygen atoms in total. The number of halogens is 1. The lowest BCUT2D eigenvalue weighted by Crippen LogP contribution is -2.00. The van der Waals surface area contributed by atoms with Gasteiger partial charge >= 0.3 is 0 Å². The molecule has 2 heterocycles. The van der Waals surface area contributed by atoms with Crippen LogP contribution in [0.15, 0.2) is 36.4 Å². The number of aromatic nitrogens is 2. The lowest BCUT2D eigenvalue weighted by molar-refractivity contribution is 0.174. The van der Waals surface area contributed by atoms with E-state index in [4.69, 9.17) is 21.1 Å². The summed E-state index contributed by atoms with van der Waals surface area (Å²) in [7, 11) is 0. The van der Waals surface area contributed by atoms with Crippen molar-refractivity contribution in [3.63, 3.8) is 0 Å². The third-order valence-electron chi connectivity index (χ3n) is 3.35. The van der Waals surface area contributed by atoms with Gasteiger partial charge < -0.3 is 19.8 Å². The Labute approximate surface area is 125 Å². The first-order valence-electron chi connectivity index (χ1n) is 6.55. The molecule has 1 aromatic heterocycles. The standard InChI is InChI=1S/C15H12ClN3O2/c16-10-3-1-9(2-4-10)7-17-15-18-11-5-13-14(21-8-20-13)6-12(11)19-15/h1-6H,7-8H2,(H2,17,18,19). The Hall–Kier alpha value is -2.40. The molecule has 0 fully saturated rings. The van der Waals surface area contributed by atoms with E-state index in [9.17, 15) is 0 Å². The first-order chi connectivity index (χ1) is 10.3. The molecule has 0 saturated heterocycles. The molecule has 0 aliphatic carbocycles. The summed E-state index contributed by atoms with van der Waals surface area (Å²) in [5.74, 6) is 2.19. The van der Waals surface area contributed by atoms with E-state index in [0.29, 0.717) is 12.5 Å². The van der Waals surface area contributed by atoms with Gasteiger partial charge in [0.25, 0.3) is 0 Å². The number of rotatable bonds is 3. The SMILES string of the molecule is Clc1ccc(CNc2nc3cc4c(cc3[nH]2)OCO4)cc1. The zero-order valence-corrected chi connectivity index (χ0v) is 11.8. The highest BCUT2D eigenvalue weighted by molar-refractivity contribution is 6.30. The summed E-state index contributed by atoms with van der Waals surface area (Å²) in [6, 6.07) is 11.5. The van der Waals surface area contributed by atoms with Crippen molar-refractivity contribution in [2.45, 2.75) is 6.54 Å². The number of H-pyrrole nitrogens is 1. The predicted molar refractivity (Wildman–Crippen MR) is 81.0 cm³/mol. The number of nitrogens with zero attached hydrogens (tertiary/aromatic N) is 1. The fourth-order valence-electron chi connectivity index (χ4n) is 2.27. The van der Waals surface area contributed by atoms with Crippen molar-refractivity contribution in [1.29, 1.82) is 0 Å². The van der Waals surface area contributed by atoms with Crippen molar-refractivity contribution in [3.05, 3.63) is 47.0 Å². The van der Waals surface area contributed by atoms with E-state index in [0.717, 1.165) is 33.1 Å². The van der Waals surface area contributed by atoms with Crippen LogP contribution in [-0.4, -0.2) is 16.8 Å². The summed E-state index contributed by atoms with van der Waals surface area (Å²) >= 11 is 5.87. The van der Waals surface area contributed by atoms with Gasteiger partial charge in [-0.15, -0.1) is 0 Å². The molecule has 3 aromatic rings. The summed E-state index contributed by atoms with van der Waals surface area (Å²) in [5.41, 5.74) is 2.89. The van der Waals surface area contributed by atoms with Gasteiger partial charge in [-0.25, -0.2) is 4.98 Å². The van der Waals surface area contributed by atoms with E-state index in [1.807, 2.05) is 36.4 Å². The molecule has 0 atom stereocenters. The van der Waals surface area contributed by atoms with E-state index in [-0.39, 0.29) is 6.79 Å². The maximum Gasteiger partial charge on any atom is 0.231 e. The molecule has 1 aliphatic rings. The lowest BCUT2D eigenvalue weighted by atomic mass is 10.2. The zero-order valence-electron chi connectivity index (χ0n) is 11.0. The fraction of sp³-hybridized carbons (Fsp3) is 0.133. The molecule has 6 heteroatoms. The first-order valence-corrected chi connectivity index (χ1v) is 6.93. The number of anilines is 1. The Bertz CT molecular complexity index is 758. The van der Waals surface area contributed by atoms with Gasteiger partial charge in [0.15, 0.2) is 11.5 Å². The maximum atomic E-state index is 5.87. The highest BCUT2D eigenvalue weighted by Crippen LogP contribution is 2.35. The highest BCUT2D eigenvalue weighted by atomic mass is 35.5. The van der Waals surface area contributed by atoms with Gasteiger partial charge in [-0.1, -0.05) is 23.7 Å². The topological polar surface area (TPSA) is 59.2 Å². The summed E-state index contributed by atoms with van der Waals surface area (Å²) in [4.78, 5) is 7.72. The minimum absolute atomic E-state index is 0.267. The van der Waals surface area contributed by atoms with Crippen molar-refractivity contribution >= 4 is 28.6 Å². The number of aromatic amines is 1. The molecule has 2 aromatic carbocycles. The second-order valence-electron chi connectivity index (χ2n) is 4.79. The molecule has 0 spiro atoms. The predicted octanol–water partition coefficient (Wildman–Crippen LogP) is 3.56. The van der Waals surface area contributed by atoms with Crippen LogP contribution in [0.1, 0.15) is 5.56 Å². The molecular formula is C15H12ClN3O2. The van der Waals surface area contributed by atoms with Crippen LogP contribution >= 0.6 is 11.6 Å². The molecule has 2 N–H and O–H groups in total. The van der Waals surface area contributed by atoms with Gasteiger partial charge in [-0.2, -0.15) is 0 Å². The van der Waals surface area contributed by atoms with E-state index < -0.39 is 0 Å². The van der Waals surface area contributed by atoms with Crippen molar-refractivity contribution in [2.75, 3.05) is 12.1 Å². The molecule has 106 valence electrons. The van der Waals surface area contributed by atoms with Crippen LogP contribution in [0.5, 0.6) is 11.5 Å². The smallest absolute Gasteiger partial charge is 0.231 e. The largest absolute Gasteiger partial charge is 0.454 e. The summed E-state index contributed by atoms with van der Waals surface area (Å²) in [6.45, 7) is 0.938. The second kappa shape index (κ2) is 4.86. The average Bonchev–Trinajstić information content (AvgIpc) is 3.09. The number of benzene rings is 2. The number of nitrogens with one attached hydrogen (secondary N) is 2. The monoisotopic (exact) mass is 301 g/mol. The van der Waals surface area contributed by atoms with Gasteiger partial charge in [0.2, 0.25) is 12.7 Å². The number of fused-ring (bicyclic) bond motifs is 2. The van der Waals surface area contributed by atoms with Crippen LogP contribution in [0.2, 0.25) is 5.02 Å². The number of hydrogen-bond acceptors (Lipinski definition) is 4. The molecule has 0 unspecified atom stereocenters. The molecule has 21 heavy (non-hydrogen) atoms. The Balaban J connectivity index is 1.55. The lowest BCUT2D eigenvalue weighted by Gasteiger charge is -2.02. The minimum atomic E-state index is 0.267. The summed E-state index contributed by atoms with van der Waals surface area (Å²) in [6.07, 6.45) is 0. The molecule has 4 rings (SSSR count). The zero-order chi connectivity index (χ0) is 14.2. The molecule has 0 bridgehead atoms. The summed E-state index contributed by atoms with van der Waals surface area (Å²) < 4.78 is 10.7. The van der Waals surface area contributed by atoms with Crippen molar-refractivity contribution in [2.24, 2.45) is 0 Å². The Morgan fingerprint density at radius 1 is 1.14 bits per heavy atom. The third kappa shape index (κ3) is 2.36. The van der Waals surface area contributed by atoms with Gasteiger partial charge in [-0.05, 0) is 17.7 Å². The molecule has 1 aliphatic heterocycles. The molecule has 0 radical (unpaired) electrons. The van der Waals surface area contributed by atoms with Crippen LogP contribution in [0.4, 0.5) is 5.95 Å². The van der Waals surface area contributed by atoms with Gasteiger partial charge in [-0.3, -0.25) is 0 Å². The van der Waals surface area contributed by atoms with E-state index in [1.165, 1.54) is 0 Å². The van der Waals surface area contributed by atoms with Gasteiger partial charge in [0.1, 0.15) is 0 Å². The van der Waals surface area contributed by atoms with E-state index in [2.05, 4.69) is 15.3 Å². The number of imidazole rings is 1. The van der Waals surface area contributed by atoms with E-state index in [1.54, 1.807) is 0 Å². The fourth-order valence-corrected chi connectivity index (χ4v) is 2.40. The molecular weight excluding hydrogens is 290 g/mol. The quantitative estimate of drug-likeness (QED) is 0.776. The molecule has 0 saturated carbocycles. The minimum Gasteiger partial charge on any atom is -0.454 e. The Morgan fingerprint density at radius 2 is 1.90 bits per heavy atom. The van der Waals surface area contributed by atoms with Crippen molar-refractivity contribution < 1.29 is 9.47 Å². The Morgan fingerprint density at radius 3 is 2.71 bits per heavy atom. The second-order valence-corrected chi connectivity index (χ2v) is 5.22. The third-order valence-corrected chi connectivity index (χ3v) is 3.60. The van der Waals surface area contributed by atoms with Crippen LogP contribution in [0, 0.1) is 0 Å². The number of ether oxygens (including phenoxy) is 2. The van der Waals surface area contributed by atoms with Crippen LogP contribution in [0.3, 0.4) is 0 Å². The summed E-state index contributed by atoms with van der Waals surface area (Å²) in [5, 5.41) is 3.99. The van der Waals surface area contributed by atoms with Crippen LogP contribution in [-0.2, 0) is 6.54 Å². The van der Waals surface area contributed by atoms with Crippen LogP contribution < -0.4 is 14.8 Å². The Kier molecular flexibility index (Phi) is 2.86. The number of hydrogen-bond donors (Lipinski definition) is 2. The first kappa shape index (κ1) is 12.3. The maximum absolute atomic E-state index is 5.87.